The number of aromatic nitrogens is 1. The summed E-state index contributed by atoms with van der Waals surface area (Å²) in [6.45, 7) is -0.00634. The summed E-state index contributed by atoms with van der Waals surface area (Å²) >= 11 is 4.70. The average molecular weight is 264 g/mol. The van der Waals surface area contributed by atoms with Gasteiger partial charge in [-0.2, -0.15) is 13.2 Å². The zero-order valence-electron chi connectivity index (χ0n) is 8.83. The van der Waals surface area contributed by atoms with Crippen LogP contribution in [0, 0.1) is 0 Å². The maximum atomic E-state index is 11.8. The quantitative estimate of drug-likeness (QED) is 0.655. The predicted octanol–water partition coefficient (Wildman–Crippen LogP) is 2.44. The third-order valence-electron chi connectivity index (χ3n) is 1.86. The van der Waals surface area contributed by atoms with Gasteiger partial charge in [0.1, 0.15) is 10.7 Å². The van der Waals surface area contributed by atoms with Crippen LogP contribution in [0.5, 0.6) is 5.75 Å². The lowest BCUT2D eigenvalue weighted by molar-refractivity contribution is -0.136. The minimum absolute atomic E-state index is 0.00634. The van der Waals surface area contributed by atoms with Gasteiger partial charge in [-0.25, -0.2) is 4.98 Å². The van der Waals surface area contributed by atoms with Crippen molar-refractivity contribution in [3.63, 3.8) is 0 Å². The topological polar surface area (TPSA) is 48.1 Å². The summed E-state index contributed by atoms with van der Waals surface area (Å²) in [6.07, 6.45) is -3.70. The number of halogens is 3. The van der Waals surface area contributed by atoms with Crippen LogP contribution in [0.1, 0.15) is 18.5 Å². The summed E-state index contributed by atoms with van der Waals surface area (Å²) in [5.74, 6) is 0.396. The van der Waals surface area contributed by atoms with E-state index in [4.69, 9.17) is 22.7 Å². The Morgan fingerprint density at radius 3 is 2.59 bits per heavy atom. The molecule has 0 aromatic carbocycles. The van der Waals surface area contributed by atoms with Crippen molar-refractivity contribution in [2.75, 3.05) is 6.61 Å². The summed E-state index contributed by atoms with van der Waals surface area (Å²) in [7, 11) is 0. The Kier molecular flexibility index (Phi) is 4.68. The maximum Gasteiger partial charge on any atom is 0.389 e. The number of hydrogen-bond acceptors (Lipinski definition) is 3. The number of pyridine rings is 1. The minimum Gasteiger partial charge on any atom is -0.492 e. The first-order valence-electron chi connectivity index (χ1n) is 4.84. The second-order valence-electron chi connectivity index (χ2n) is 3.31. The van der Waals surface area contributed by atoms with Gasteiger partial charge in [-0.15, -0.1) is 0 Å². The smallest absolute Gasteiger partial charge is 0.389 e. The molecule has 7 heteroatoms. The van der Waals surface area contributed by atoms with Gasteiger partial charge in [-0.1, -0.05) is 12.2 Å². The highest BCUT2D eigenvalue weighted by Gasteiger charge is 2.26. The maximum absolute atomic E-state index is 11.8. The van der Waals surface area contributed by atoms with Gasteiger partial charge in [0.05, 0.1) is 18.5 Å². The Hall–Kier alpha value is -1.37. The van der Waals surface area contributed by atoms with Gasteiger partial charge in [-0.3, -0.25) is 0 Å². The number of hydrogen-bond donors (Lipinski definition) is 1. The first-order chi connectivity index (χ1) is 7.88. The number of nitrogens with two attached hydrogens (primary N) is 1. The van der Waals surface area contributed by atoms with Crippen molar-refractivity contribution in [1.29, 1.82) is 0 Å². The Morgan fingerprint density at radius 1 is 1.41 bits per heavy atom. The lowest BCUT2D eigenvalue weighted by atomic mass is 10.3. The van der Waals surface area contributed by atoms with Crippen LogP contribution < -0.4 is 10.5 Å². The summed E-state index contributed by atoms with van der Waals surface area (Å²) in [5.41, 5.74) is 5.78. The number of alkyl halides is 3. The lowest BCUT2D eigenvalue weighted by Crippen LogP contribution is -2.12. The molecule has 0 aliphatic rings. The SMILES string of the molecule is NC(=S)c1ccc(OCCCC(F)(F)F)cn1. The largest absolute Gasteiger partial charge is 0.492 e. The third kappa shape index (κ3) is 5.48. The van der Waals surface area contributed by atoms with Crippen LogP contribution in [0.25, 0.3) is 0 Å². The minimum atomic E-state index is -4.14. The van der Waals surface area contributed by atoms with E-state index in [1.807, 2.05) is 0 Å². The molecule has 0 saturated heterocycles. The second-order valence-corrected chi connectivity index (χ2v) is 3.75. The fraction of sp³-hybridized carbons (Fsp3) is 0.400. The highest BCUT2D eigenvalue weighted by Crippen LogP contribution is 2.21. The van der Waals surface area contributed by atoms with Gasteiger partial charge in [0, 0.05) is 6.42 Å². The molecule has 2 N–H and O–H groups in total. The van der Waals surface area contributed by atoms with E-state index < -0.39 is 12.6 Å². The lowest BCUT2D eigenvalue weighted by Gasteiger charge is -2.08. The Morgan fingerprint density at radius 2 is 2.12 bits per heavy atom. The van der Waals surface area contributed by atoms with Crippen molar-refractivity contribution in [2.45, 2.75) is 19.0 Å². The molecule has 1 heterocycles. The molecule has 0 spiro atoms. The standard InChI is InChI=1S/C10H11F3N2OS/c11-10(12,13)4-1-5-16-7-2-3-8(9(14)17)15-6-7/h2-3,6H,1,4-5H2,(H2,14,17). The van der Waals surface area contributed by atoms with Crippen molar-refractivity contribution >= 4 is 17.2 Å². The van der Waals surface area contributed by atoms with E-state index in [-0.39, 0.29) is 18.0 Å². The summed E-state index contributed by atoms with van der Waals surface area (Å²) in [5, 5.41) is 0. The molecule has 17 heavy (non-hydrogen) atoms. The van der Waals surface area contributed by atoms with E-state index in [1.54, 1.807) is 12.1 Å². The highest BCUT2D eigenvalue weighted by molar-refractivity contribution is 7.80. The Balaban J connectivity index is 2.35. The van der Waals surface area contributed by atoms with Gasteiger partial charge in [0.2, 0.25) is 0 Å². The Labute approximate surface area is 102 Å². The third-order valence-corrected chi connectivity index (χ3v) is 2.07. The predicted molar refractivity (Wildman–Crippen MR) is 60.9 cm³/mol. The van der Waals surface area contributed by atoms with Crippen LogP contribution >= 0.6 is 12.2 Å². The van der Waals surface area contributed by atoms with E-state index in [9.17, 15) is 13.2 Å². The molecule has 0 atom stereocenters. The fourth-order valence-corrected chi connectivity index (χ4v) is 1.19. The zero-order chi connectivity index (χ0) is 12.9. The molecular formula is C10H11F3N2OS. The van der Waals surface area contributed by atoms with Gasteiger partial charge < -0.3 is 10.5 Å². The number of rotatable bonds is 5. The summed E-state index contributed by atoms with van der Waals surface area (Å²) in [6, 6.07) is 3.12. The summed E-state index contributed by atoms with van der Waals surface area (Å²) in [4.78, 5) is 4.05. The van der Waals surface area contributed by atoms with Crippen molar-refractivity contribution in [3.8, 4) is 5.75 Å². The van der Waals surface area contributed by atoms with Crippen LogP contribution in [-0.2, 0) is 0 Å². The number of ether oxygens (including phenoxy) is 1. The molecule has 1 rings (SSSR count). The van der Waals surface area contributed by atoms with Crippen LogP contribution in [-0.4, -0.2) is 22.8 Å². The molecular weight excluding hydrogens is 253 g/mol. The second kappa shape index (κ2) is 5.81. The van der Waals surface area contributed by atoms with E-state index in [0.717, 1.165) is 0 Å². The first kappa shape index (κ1) is 13.7. The van der Waals surface area contributed by atoms with Gasteiger partial charge >= 0.3 is 6.18 Å². The van der Waals surface area contributed by atoms with Gasteiger partial charge in [0.25, 0.3) is 0 Å². The monoisotopic (exact) mass is 264 g/mol. The number of nitrogens with zero attached hydrogens (tertiary/aromatic N) is 1. The van der Waals surface area contributed by atoms with Crippen LogP contribution in [0.4, 0.5) is 13.2 Å². The van der Waals surface area contributed by atoms with Crippen LogP contribution in [0.15, 0.2) is 18.3 Å². The van der Waals surface area contributed by atoms with Crippen LogP contribution in [0.2, 0.25) is 0 Å². The molecule has 1 aromatic heterocycles. The van der Waals surface area contributed by atoms with Crippen molar-refractivity contribution in [2.24, 2.45) is 5.73 Å². The van der Waals surface area contributed by atoms with E-state index in [2.05, 4.69) is 4.98 Å². The molecule has 3 nitrogen and oxygen atoms in total. The van der Waals surface area contributed by atoms with Crippen LogP contribution in [0.3, 0.4) is 0 Å². The molecule has 0 aliphatic carbocycles. The molecule has 0 fully saturated rings. The molecule has 0 saturated carbocycles. The highest BCUT2D eigenvalue weighted by atomic mass is 32.1. The first-order valence-corrected chi connectivity index (χ1v) is 5.25. The van der Waals surface area contributed by atoms with Crippen molar-refractivity contribution in [3.05, 3.63) is 24.0 Å². The Bertz CT molecular complexity index is 378. The molecule has 0 aliphatic heterocycles. The molecule has 0 radical (unpaired) electrons. The molecule has 1 aromatic rings. The van der Waals surface area contributed by atoms with Crippen molar-refractivity contribution < 1.29 is 17.9 Å². The molecule has 0 unspecified atom stereocenters. The zero-order valence-corrected chi connectivity index (χ0v) is 9.64. The molecule has 0 bridgehead atoms. The molecule has 94 valence electrons. The fourth-order valence-electron chi connectivity index (χ4n) is 1.07. The van der Waals surface area contributed by atoms with E-state index >= 15 is 0 Å². The molecule has 0 amide bonds. The normalized spacial score (nSPS) is 11.2. The van der Waals surface area contributed by atoms with E-state index in [0.29, 0.717) is 11.4 Å². The van der Waals surface area contributed by atoms with Crippen molar-refractivity contribution in [1.82, 2.24) is 4.98 Å². The van der Waals surface area contributed by atoms with E-state index in [1.165, 1.54) is 6.20 Å². The van der Waals surface area contributed by atoms with Gasteiger partial charge in [-0.05, 0) is 18.6 Å². The average Bonchev–Trinajstić information content (AvgIpc) is 2.24. The summed E-state index contributed by atoms with van der Waals surface area (Å²) < 4.78 is 40.6. The number of thiocarbonyl (C=S) groups is 1. The van der Waals surface area contributed by atoms with Gasteiger partial charge in [0.15, 0.2) is 0 Å².